The second kappa shape index (κ2) is 15.1. The van der Waals surface area contributed by atoms with Crippen molar-refractivity contribution in [3.63, 3.8) is 0 Å². The van der Waals surface area contributed by atoms with Gasteiger partial charge in [-0.05, 0) is 130 Å². The van der Waals surface area contributed by atoms with E-state index in [4.69, 9.17) is 4.74 Å². The Morgan fingerprint density at radius 2 is 1.55 bits per heavy atom. The number of aliphatic hydroxyl groups excluding tert-OH is 1. The van der Waals surface area contributed by atoms with Crippen molar-refractivity contribution < 1.29 is 23.0 Å². The standard InChI is InChI=1S/C35H47F3O2/c1-3-5-6-22-40-29-19-18-27(32(36)23-29)13-10-24-8-11-25(12-9-24)30-20-21-31(35(38)34(30)37)26-14-16-28(17-15-26)33(39)7-4-2/h3,18-21,23-26,28,33,39H,1,4-17,22H2,2H3. The monoisotopic (exact) mass is 556 g/mol. The maximum absolute atomic E-state index is 15.3. The van der Waals surface area contributed by atoms with E-state index >= 15 is 8.78 Å². The summed E-state index contributed by atoms with van der Waals surface area (Å²) in [6, 6.07) is 8.79. The summed E-state index contributed by atoms with van der Waals surface area (Å²) in [5, 5.41) is 10.3. The van der Waals surface area contributed by atoms with Crippen LogP contribution in [-0.4, -0.2) is 17.8 Å². The van der Waals surface area contributed by atoms with E-state index in [1.807, 2.05) is 30.3 Å². The zero-order chi connectivity index (χ0) is 28.5. The molecule has 40 heavy (non-hydrogen) atoms. The van der Waals surface area contributed by atoms with Crippen molar-refractivity contribution in [1.82, 2.24) is 0 Å². The first-order valence-electron chi connectivity index (χ1n) is 15.6. The highest BCUT2D eigenvalue weighted by molar-refractivity contribution is 5.32. The molecule has 220 valence electrons. The van der Waals surface area contributed by atoms with Gasteiger partial charge in [-0.15, -0.1) is 6.58 Å². The van der Waals surface area contributed by atoms with Crippen LogP contribution >= 0.6 is 0 Å². The molecule has 4 rings (SSSR count). The van der Waals surface area contributed by atoms with Gasteiger partial charge in [0.15, 0.2) is 11.6 Å². The number of ether oxygens (including phenoxy) is 1. The number of halogens is 3. The van der Waals surface area contributed by atoms with E-state index in [0.29, 0.717) is 41.4 Å². The molecule has 1 atom stereocenters. The van der Waals surface area contributed by atoms with E-state index in [9.17, 15) is 9.50 Å². The third-order valence-corrected chi connectivity index (χ3v) is 9.44. The normalized spacial score (nSPS) is 24.0. The van der Waals surface area contributed by atoms with Crippen LogP contribution in [-0.2, 0) is 6.42 Å². The van der Waals surface area contributed by atoms with Gasteiger partial charge in [0.1, 0.15) is 11.6 Å². The highest BCUT2D eigenvalue weighted by atomic mass is 19.2. The largest absolute Gasteiger partial charge is 0.493 e. The van der Waals surface area contributed by atoms with Crippen molar-refractivity contribution in [3.8, 4) is 5.75 Å². The quantitative estimate of drug-likeness (QED) is 0.197. The fourth-order valence-electron chi connectivity index (χ4n) is 6.92. The zero-order valence-electron chi connectivity index (χ0n) is 24.2. The second-order valence-electron chi connectivity index (χ2n) is 12.1. The number of hydrogen-bond donors (Lipinski definition) is 1. The van der Waals surface area contributed by atoms with Gasteiger partial charge in [0, 0.05) is 6.07 Å². The molecule has 2 aromatic carbocycles. The number of benzene rings is 2. The lowest BCUT2D eigenvalue weighted by Gasteiger charge is -2.32. The van der Waals surface area contributed by atoms with Crippen molar-refractivity contribution in [2.24, 2.45) is 11.8 Å². The first-order chi connectivity index (χ1) is 19.4. The third kappa shape index (κ3) is 7.93. The highest BCUT2D eigenvalue weighted by Gasteiger charge is 2.31. The summed E-state index contributed by atoms with van der Waals surface area (Å²) in [4.78, 5) is 0. The average molecular weight is 557 g/mol. The third-order valence-electron chi connectivity index (χ3n) is 9.44. The Hall–Kier alpha value is -2.27. The van der Waals surface area contributed by atoms with E-state index in [2.05, 4.69) is 13.5 Å². The number of aryl methyl sites for hydroxylation is 1. The summed E-state index contributed by atoms with van der Waals surface area (Å²) < 4.78 is 50.8. The molecule has 2 aromatic rings. The number of hydrogen-bond acceptors (Lipinski definition) is 2. The summed E-state index contributed by atoms with van der Waals surface area (Å²) in [7, 11) is 0. The molecule has 2 nitrogen and oxygen atoms in total. The van der Waals surface area contributed by atoms with Crippen LogP contribution in [0.5, 0.6) is 5.75 Å². The highest BCUT2D eigenvalue weighted by Crippen LogP contribution is 2.42. The molecule has 5 heteroatoms. The predicted octanol–water partition coefficient (Wildman–Crippen LogP) is 9.79. The van der Waals surface area contributed by atoms with Crippen molar-refractivity contribution in [3.05, 3.63) is 77.1 Å². The van der Waals surface area contributed by atoms with Crippen LogP contribution < -0.4 is 4.74 Å². The Morgan fingerprint density at radius 3 is 2.12 bits per heavy atom. The summed E-state index contributed by atoms with van der Waals surface area (Å²) in [6.07, 6.45) is 13.6. The number of aliphatic hydroxyl groups is 1. The minimum atomic E-state index is -0.666. The van der Waals surface area contributed by atoms with Gasteiger partial charge in [0.05, 0.1) is 12.7 Å². The van der Waals surface area contributed by atoms with Gasteiger partial charge in [-0.1, -0.05) is 37.6 Å². The van der Waals surface area contributed by atoms with Crippen molar-refractivity contribution in [2.75, 3.05) is 6.61 Å². The molecule has 1 N–H and O–H groups in total. The number of rotatable bonds is 13. The molecular weight excluding hydrogens is 509 g/mol. The minimum absolute atomic E-state index is 0.0302. The summed E-state index contributed by atoms with van der Waals surface area (Å²) in [5.74, 6) is -0.181. The fraction of sp³-hybridized carbons (Fsp3) is 0.600. The van der Waals surface area contributed by atoms with Crippen LogP contribution in [0.2, 0.25) is 0 Å². The van der Waals surface area contributed by atoms with Gasteiger partial charge < -0.3 is 9.84 Å². The fourth-order valence-corrected chi connectivity index (χ4v) is 6.92. The molecule has 0 saturated heterocycles. The molecule has 0 heterocycles. The van der Waals surface area contributed by atoms with Crippen molar-refractivity contribution in [1.29, 1.82) is 0 Å². The van der Waals surface area contributed by atoms with E-state index in [1.165, 1.54) is 6.07 Å². The molecule has 0 aromatic heterocycles. The Balaban J connectivity index is 1.25. The lowest BCUT2D eigenvalue weighted by Crippen LogP contribution is -2.25. The predicted molar refractivity (Wildman–Crippen MR) is 156 cm³/mol. The molecule has 0 radical (unpaired) electrons. The molecule has 0 aliphatic heterocycles. The van der Waals surface area contributed by atoms with Gasteiger partial charge in [-0.2, -0.15) is 0 Å². The Kier molecular flexibility index (Phi) is 11.6. The first-order valence-corrected chi connectivity index (χ1v) is 15.6. The topological polar surface area (TPSA) is 29.5 Å². The maximum atomic E-state index is 15.3. The Morgan fingerprint density at radius 1 is 0.925 bits per heavy atom. The summed E-state index contributed by atoms with van der Waals surface area (Å²) >= 11 is 0. The molecule has 2 aliphatic carbocycles. The summed E-state index contributed by atoms with van der Waals surface area (Å²) in [5.41, 5.74) is 1.73. The van der Waals surface area contributed by atoms with Crippen LogP contribution in [0.4, 0.5) is 13.2 Å². The van der Waals surface area contributed by atoms with Crippen molar-refractivity contribution in [2.45, 2.75) is 115 Å². The van der Waals surface area contributed by atoms with Crippen LogP contribution in [0.3, 0.4) is 0 Å². The van der Waals surface area contributed by atoms with Gasteiger partial charge in [-0.3, -0.25) is 0 Å². The van der Waals surface area contributed by atoms with E-state index in [0.717, 1.165) is 83.5 Å². The molecule has 1 unspecified atom stereocenters. The van der Waals surface area contributed by atoms with Crippen LogP contribution in [0.1, 0.15) is 119 Å². The Labute approximate surface area is 239 Å². The van der Waals surface area contributed by atoms with E-state index in [1.54, 1.807) is 0 Å². The molecule has 0 amide bonds. The first kappa shape index (κ1) is 30.7. The lowest BCUT2D eigenvalue weighted by atomic mass is 9.74. The summed E-state index contributed by atoms with van der Waals surface area (Å²) in [6.45, 7) is 6.32. The molecule has 2 saturated carbocycles. The molecular formula is C35H47F3O2. The van der Waals surface area contributed by atoms with Gasteiger partial charge >= 0.3 is 0 Å². The zero-order valence-corrected chi connectivity index (χ0v) is 24.2. The molecule has 0 spiro atoms. The van der Waals surface area contributed by atoms with E-state index in [-0.39, 0.29) is 29.7 Å². The molecule has 0 bridgehead atoms. The minimum Gasteiger partial charge on any atom is -0.493 e. The SMILES string of the molecule is C=CCCCOc1ccc(CCC2CCC(c3ccc(C4CCC(C(O)CCC)CC4)c(F)c3F)CC2)c(F)c1. The number of allylic oxidation sites excluding steroid dienone is 1. The molecule has 2 fully saturated rings. The van der Waals surface area contributed by atoms with Gasteiger partial charge in [-0.25, -0.2) is 13.2 Å². The number of unbranched alkanes of at least 4 members (excludes halogenated alkanes) is 1. The molecule has 2 aliphatic rings. The van der Waals surface area contributed by atoms with Gasteiger partial charge in [0.25, 0.3) is 0 Å². The Bertz CT molecular complexity index is 1080. The van der Waals surface area contributed by atoms with Crippen LogP contribution in [0.15, 0.2) is 43.0 Å². The lowest BCUT2D eigenvalue weighted by molar-refractivity contribution is 0.0727. The van der Waals surface area contributed by atoms with Crippen molar-refractivity contribution >= 4 is 0 Å². The van der Waals surface area contributed by atoms with Crippen LogP contribution in [0, 0.1) is 29.3 Å². The maximum Gasteiger partial charge on any atom is 0.162 e. The van der Waals surface area contributed by atoms with E-state index < -0.39 is 11.6 Å². The smallest absolute Gasteiger partial charge is 0.162 e. The second-order valence-corrected chi connectivity index (χ2v) is 12.1. The van der Waals surface area contributed by atoms with Crippen LogP contribution in [0.25, 0.3) is 0 Å². The average Bonchev–Trinajstić information content (AvgIpc) is 2.97. The van der Waals surface area contributed by atoms with Gasteiger partial charge in [0.2, 0.25) is 0 Å².